The van der Waals surface area contributed by atoms with Crippen molar-refractivity contribution >= 4 is 5.91 Å². The Morgan fingerprint density at radius 2 is 2.05 bits per heavy atom. The van der Waals surface area contributed by atoms with Crippen molar-refractivity contribution in [2.45, 2.75) is 27.3 Å². The van der Waals surface area contributed by atoms with E-state index in [9.17, 15) is 9.90 Å². The molecule has 0 bridgehead atoms. The van der Waals surface area contributed by atoms with Crippen LogP contribution in [0.3, 0.4) is 0 Å². The van der Waals surface area contributed by atoms with Crippen LogP contribution in [0.25, 0.3) is 0 Å². The molecule has 1 heterocycles. The van der Waals surface area contributed by atoms with Gasteiger partial charge in [0.15, 0.2) is 0 Å². The van der Waals surface area contributed by atoms with Crippen LogP contribution in [0.2, 0.25) is 0 Å². The number of rotatable bonds is 3. The van der Waals surface area contributed by atoms with Crippen molar-refractivity contribution in [2.75, 3.05) is 0 Å². The van der Waals surface area contributed by atoms with E-state index in [1.165, 1.54) is 0 Å². The molecule has 1 aromatic heterocycles. The molecule has 0 saturated heterocycles. The maximum Gasteiger partial charge on any atom is 0.255 e. The lowest BCUT2D eigenvalue weighted by atomic mass is 10.1. The first-order valence-electron chi connectivity index (χ1n) is 6.47. The number of nitrogens with zero attached hydrogens (tertiary/aromatic N) is 2. The monoisotopic (exact) mass is 273 g/mol. The van der Waals surface area contributed by atoms with Gasteiger partial charge in [-0.25, -0.2) is 0 Å². The standard InChI is InChI=1S/C15H19N3O2/c1-9-6-5-7-12(14(9)19)15(20)16-8-13-10(2)17-18(4)11(13)3/h5-7,19H,8H2,1-4H3,(H,16,20). The molecule has 0 aliphatic rings. The van der Waals surface area contributed by atoms with Gasteiger partial charge < -0.3 is 10.4 Å². The summed E-state index contributed by atoms with van der Waals surface area (Å²) in [6.07, 6.45) is 0. The number of phenolic OH excluding ortho intramolecular Hbond substituents is 1. The van der Waals surface area contributed by atoms with E-state index in [2.05, 4.69) is 10.4 Å². The van der Waals surface area contributed by atoms with E-state index < -0.39 is 0 Å². The largest absolute Gasteiger partial charge is 0.507 e. The maximum absolute atomic E-state index is 12.1. The number of nitrogens with one attached hydrogen (secondary N) is 1. The highest BCUT2D eigenvalue weighted by Crippen LogP contribution is 2.21. The second-order valence-corrected chi connectivity index (χ2v) is 4.93. The number of aromatic hydroxyl groups is 1. The van der Waals surface area contributed by atoms with Crippen molar-refractivity contribution in [3.8, 4) is 5.75 Å². The van der Waals surface area contributed by atoms with Gasteiger partial charge in [-0.1, -0.05) is 12.1 Å². The highest BCUT2D eigenvalue weighted by molar-refractivity contribution is 5.97. The molecule has 2 N–H and O–H groups in total. The van der Waals surface area contributed by atoms with E-state index in [1.807, 2.05) is 20.9 Å². The van der Waals surface area contributed by atoms with Crippen LogP contribution >= 0.6 is 0 Å². The quantitative estimate of drug-likeness (QED) is 0.898. The fourth-order valence-corrected chi connectivity index (χ4v) is 2.18. The summed E-state index contributed by atoms with van der Waals surface area (Å²) in [5, 5.41) is 17.0. The van der Waals surface area contributed by atoms with E-state index in [-0.39, 0.29) is 11.7 Å². The SMILES string of the molecule is Cc1cccc(C(=O)NCc2c(C)nn(C)c2C)c1O. The second-order valence-electron chi connectivity index (χ2n) is 4.93. The predicted molar refractivity (Wildman–Crippen MR) is 76.7 cm³/mol. The summed E-state index contributed by atoms with van der Waals surface area (Å²) in [7, 11) is 1.88. The summed E-state index contributed by atoms with van der Waals surface area (Å²) in [5.74, 6) is -0.251. The van der Waals surface area contributed by atoms with Crippen LogP contribution in [0, 0.1) is 20.8 Å². The number of aryl methyl sites for hydroxylation is 3. The molecule has 0 aliphatic carbocycles. The first kappa shape index (κ1) is 14.1. The van der Waals surface area contributed by atoms with Crippen molar-refractivity contribution in [3.05, 3.63) is 46.3 Å². The lowest BCUT2D eigenvalue weighted by Gasteiger charge is -2.08. The van der Waals surface area contributed by atoms with Gasteiger partial charge in [0.1, 0.15) is 5.75 Å². The molecule has 0 fully saturated rings. The third kappa shape index (κ3) is 2.52. The average molecular weight is 273 g/mol. The van der Waals surface area contributed by atoms with Gasteiger partial charge in [-0.05, 0) is 32.4 Å². The number of hydrogen-bond donors (Lipinski definition) is 2. The van der Waals surface area contributed by atoms with E-state index in [1.54, 1.807) is 29.8 Å². The van der Waals surface area contributed by atoms with Crippen LogP contribution in [-0.4, -0.2) is 20.8 Å². The molecule has 0 atom stereocenters. The summed E-state index contributed by atoms with van der Waals surface area (Å²) in [6.45, 7) is 6.05. The zero-order valence-electron chi connectivity index (χ0n) is 12.2. The molecule has 0 unspecified atom stereocenters. The van der Waals surface area contributed by atoms with Crippen molar-refractivity contribution < 1.29 is 9.90 Å². The molecule has 0 radical (unpaired) electrons. The molecular formula is C15H19N3O2. The Balaban J connectivity index is 2.15. The maximum atomic E-state index is 12.1. The molecule has 5 heteroatoms. The predicted octanol–water partition coefficient (Wildman–Crippen LogP) is 1.98. The third-order valence-corrected chi connectivity index (χ3v) is 3.57. The number of carbonyl (C=O) groups excluding carboxylic acids is 1. The minimum atomic E-state index is -0.283. The number of amides is 1. The van der Waals surface area contributed by atoms with Crippen LogP contribution in [0.4, 0.5) is 0 Å². The summed E-state index contributed by atoms with van der Waals surface area (Å²) in [6, 6.07) is 5.13. The number of para-hydroxylation sites is 1. The highest BCUT2D eigenvalue weighted by atomic mass is 16.3. The Morgan fingerprint density at radius 1 is 1.35 bits per heavy atom. The summed E-state index contributed by atoms with van der Waals surface area (Å²) in [4.78, 5) is 12.1. The van der Waals surface area contributed by atoms with Gasteiger partial charge in [-0.2, -0.15) is 5.10 Å². The molecule has 5 nitrogen and oxygen atoms in total. The molecule has 0 spiro atoms. The fraction of sp³-hybridized carbons (Fsp3) is 0.333. The van der Waals surface area contributed by atoms with Gasteiger partial charge in [0.25, 0.3) is 5.91 Å². The van der Waals surface area contributed by atoms with Crippen molar-refractivity contribution in [1.29, 1.82) is 0 Å². The summed E-state index contributed by atoms with van der Waals surface area (Å²) in [5.41, 5.74) is 3.92. The van der Waals surface area contributed by atoms with Gasteiger partial charge in [0.2, 0.25) is 0 Å². The average Bonchev–Trinajstić information content (AvgIpc) is 2.64. The Hall–Kier alpha value is -2.30. The molecule has 1 amide bonds. The molecule has 106 valence electrons. The zero-order chi connectivity index (χ0) is 14.9. The molecular weight excluding hydrogens is 254 g/mol. The molecule has 2 rings (SSSR count). The van der Waals surface area contributed by atoms with Crippen LogP contribution in [0.5, 0.6) is 5.75 Å². The first-order valence-corrected chi connectivity index (χ1v) is 6.47. The Kier molecular flexibility index (Phi) is 3.79. The molecule has 1 aromatic carbocycles. The molecule has 2 aromatic rings. The normalized spacial score (nSPS) is 10.6. The fourth-order valence-electron chi connectivity index (χ4n) is 2.18. The summed E-state index contributed by atoms with van der Waals surface area (Å²) >= 11 is 0. The molecule has 0 saturated carbocycles. The van der Waals surface area contributed by atoms with Crippen LogP contribution in [-0.2, 0) is 13.6 Å². The highest BCUT2D eigenvalue weighted by Gasteiger charge is 2.14. The van der Waals surface area contributed by atoms with Crippen LogP contribution in [0.15, 0.2) is 18.2 Å². The zero-order valence-corrected chi connectivity index (χ0v) is 12.2. The third-order valence-electron chi connectivity index (χ3n) is 3.57. The lowest BCUT2D eigenvalue weighted by Crippen LogP contribution is -2.23. The lowest BCUT2D eigenvalue weighted by molar-refractivity contribution is 0.0948. The minimum Gasteiger partial charge on any atom is -0.507 e. The number of aromatic nitrogens is 2. The van der Waals surface area contributed by atoms with E-state index >= 15 is 0 Å². The number of benzene rings is 1. The Morgan fingerprint density at radius 3 is 2.65 bits per heavy atom. The van der Waals surface area contributed by atoms with E-state index in [0.717, 1.165) is 17.0 Å². The van der Waals surface area contributed by atoms with E-state index in [0.29, 0.717) is 17.7 Å². The topological polar surface area (TPSA) is 67.2 Å². The van der Waals surface area contributed by atoms with Crippen molar-refractivity contribution in [3.63, 3.8) is 0 Å². The Labute approximate surface area is 118 Å². The van der Waals surface area contributed by atoms with Crippen molar-refractivity contribution in [2.24, 2.45) is 7.05 Å². The van der Waals surface area contributed by atoms with Crippen molar-refractivity contribution in [1.82, 2.24) is 15.1 Å². The first-order chi connectivity index (χ1) is 9.41. The number of carbonyl (C=O) groups is 1. The van der Waals surface area contributed by atoms with Gasteiger partial charge in [0, 0.05) is 24.8 Å². The minimum absolute atomic E-state index is 0.0321. The van der Waals surface area contributed by atoms with Gasteiger partial charge in [-0.15, -0.1) is 0 Å². The van der Waals surface area contributed by atoms with Gasteiger partial charge in [-0.3, -0.25) is 9.48 Å². The molecule has 0 aliphatic heterocycles. The van der Waals surface area contributed by atoms with E-state index in [4.69, 9.17) is 0 Å². The van der Waals surface area contributed by atoms with Crippen LogP contribution in [0.1, 0.15) is 32.9 Å². The number of phenols is 1. The summed E-state index contributed by atoms with van der Waals surface area (Å²) < 4.78 is 1.79. The van der Waals surface area contributed by atoms with Gasteiger partial charge >= 0.3 is 0 Å². The second kappa shape index (κ2) is 5.36. The molecule has 20 heavy (non-hydrogen) atoms. The van der Waals surface area contributed by atoms with Crippen LogP contribution < -0.4 is 5.32 Å². The number of hydrogen-bond acceptors (Lipinski definition) is 3. The smallest absolute Gasteiger partial charge is 0.255 e. The Bertz CT molecular complexity index is 659. The van der Waals surface area contributed by atoms with Gasteiger partial charge in [0.05, 0.1) is 11.3 Å².